The summed E-state index contributed by atoms with van der Waals surface area (Å²) in [4.78, 5) is 16.8. The minimum absolute atomic E-state index is 0.166. The van der Waals surface area contributed by atoms with Gasteiger partial charge in [0.05, 0.1) is 19.8 Å². The van der Waals surface area contributed by atoms with Crippen LogP contribution in [0.3, 0.4) is 0 Å². The van der Waals surface area contributed by atoms with E-state index in [1.807, 2.05) is 39.0 Å². The lowest BCUT2D eigenvalue weighted by molar-refractivity contribution is 0.0907. The second-order valence-electron chi connectivity index (χ2n) is 5.77. The van der Waals surface area contributed by atoms with Gasteiger partial charge in [-0.1, -0.05) is 13.0 Å². The Hall–Kier alpha value is -2.08. The molecule has 0 aliphatic heterocycles. The summed E-state index contributed by atoms with van der Waals surface area (Å²) in [5, 5.41) is 5.47. The number of para-hydroxylation sites is 1. The van der Waals surface area contributed by atoms with Gasteiger partial charge in [-0.3, -0.25) is 4.79 Å². The Morgan fingerprint density at radius 2 is 2.04 bits per heavy atom. The molecule has 0 aliphatic rings. The highest BCUT2D eigenvalue weighted by Crippen LogP contribution is 2.38. The van der Waals surface area contributed by atoms with E-state index in [4.69, 9.17) is 9.47 Å². The first-order chi connectivity index (χ1) is 10.9. The van der Waals surface area contributed by atoms with Crippen LogP contribution in [0.1, 0.15) is 37.7 Å². The van der Waals surface area contributed by atoms with E-state index in [2.05, 4.69) is 10.3 Å². The van der Waals surface area contributed by atoms with Crippen molar-refractivity contribution in [2.45, 2.75) is 32.7 Å². The van der Waals surface area contributed by atoms with Gasteiger partial charge in [0.15, 0.2) is 11.5 Å². The molecule has 0 atom stereocenters. The molecule has 124 valence electrons. The van der Waals surface area contributed by atoms with Crippen LogP contribution in [0.5, 0.6) is 11.5 Å². The van der Waals surface area contributed by atoms with Crippen molar-refractivity contribution < 1.29 is 14.3 Å². The molecule has 0 spiro atoms. The molecule has 0 saturated heterocycles. The summed E-state index contributed by atoms with van der Waals surface area (Å²) in [7, 11) is 3.18. The van der Waals surface area contributed by atoms with E-state index in [0.29, 0.717) is 17.2 Å². The average molecular weight is 334 g/mol. The van der Waals surface area contributed by atoms with Crippen molar-refractivity contribution in [3.8, 4) is 22.1 Å². The molecule has 1 amide bonds. The smallest absolute Gasteiger partial charge is 0.271 e. The van der Waals surface area contributed by atoms with Crippen molar-refractivity contribution in [3.05, 3.63) is 29.3 Å². The third kappa shape index (κ3) is 3.82. The van der Waals surface area contributed by atoms with E-state index in [9.17, 15) is 4.79 Å². The fraction of sp³-hybridized carbons (Fsp3) is 0.412. The van der Waals surface area contributed by atoms with Gasteiger partial charge in [0.2, 0.25) is 0 Å². The molecule has 2 aromatic rings. The first-order valence-corrected chi connectivity index (χ1v) is 8.29. The number of carbonyl (C=O) groups excluding carboxylic acids is 1. The predicted molar refractivity (Wildman–Crippen MR) is 92.5 cm³/mol. The number of thiazole rings is 1. The lowest BCUT2D eigenvalue weighted by Gasteiger charge is -2.23. The van der Waals surface area contributed by atoms with Crippen LogP contribution >= 0.6 is 11.3 Å². The molecule has 0 unspecified atom stereocenters. The molecule has 6 heteroatoms. The molecule has 1 N–H and O–H groups in total. The fourth-order valence-electron chi connectivity index (χ4n) is 2.02. The summed E-state index contributed by atoms with van der Waals surface area (Å²) in [6.45, 7) is 6.01. The number of hydrogen-bond acceptors (Lipinski definition) is 5. The van der Waals surface area contributed by atoms with E-state index >= 15 is 0 Å². The zero-order valence-corrected chi connectivity index (χ0v) is 14.9. The maximum atomic E-state index is 12.3. The highest BCUT2D eigenvalue weighted by atomic mass is 32.1. The minimum atomic E-state index is -0.255. The predicted octanol–water partition coefficient (Wildman–Crippen LogP) is 3.75. The number of rotatable bonds is 6. The summed E-state index contributed by atoms with van der Waals surface area (Å²) in [6, 6.07) is 5.60. The second kappa shape index (κ2) is 7.00. The first-order valence-electron chi connectivity index (χ1n) is 7.41. The Morgan fingerprint density at radius 3 is 2.65 bits per heavy atom. The Morgan fingerprint density at radius 1 is 1.30 bits per heavy atom. The van der Waals surface area contributed by atoms with Crippen LogP contribution in [-0.2, 0) is 0 Å². The molecular formula is C17H22N2O3S. The molecule has 5 nitrogen and oxygen atoms in total. The number of carbonyl (C=O) groups is 1. The van der Waals surface area contributed by atoms with E-state index in [1.54, 1.807) is 19.6 Å². The van der Waals surface area contributed by atoms with Crippen molar-refractivity contribution in [1.82, 2.24) is 10.3 Å². The van der Waals surface area contributed by atoms with Gasteiger partial charge in [0.25, 0.3) is 5.91 Å². The Balaban J connectivity index is 2.31. The van der Waals surface area contributed by atoms with Crippen molar-refractivity contribution >= 4 is 17.2 Å². The second-order valence-corrected chi connectivity index (χ2v) is 6.63. The molecule has 0 bridgehead atoms. The zero-order valence-electron chi connectivity index (χ0n) is 14.1. The normalized spacial score (nSPS) is 11.2. The SMILES string of the molecule is CCC(C)(C)NC(=O)c1csc(-c2cccc(OC)c2OC)n1. The Labute approximate surface area is 140 Å². The largest absolute Gasteiger partial charge is 0.493 e. The average Bonchev–Trinajstić information content (AvgIpc) is 3.03. The van der Waals surface area contributed by atoms with Crippen LogP contribution < -0.4 is 14.8 Å². The number of ether oxygens (including phenoxy) is 2. The van der Waals surface area contributed by atoms with Gasteiger partial charge in [-0.2, -0.15) is 0 Å². The minimum Gasteiger partial charge on any atom is -0.493 e. The lowest BCUT2D eigenvalue weighted by Crippen LogP contribution is -2.42. The molecular weight excluding hydrogens is 312 g/mol. The number of aromatic nitrogens is 1. The van der Waals surface area contributed by atoms with Crippen molar-refractivity contribution in [2.75, 3.05) is 14.2 Å². The van der Waals surface area contributed by atoms with Gasteiger partial charge < -0.3 is 14.8 Å². The molecule has 2 rings (SSSR count). The molecule has 1 aromatic carbocycles. The van der Waals surface area contributed by atoms with Gasteiger partial charge in [-0.15, -0.1) is 11.3 Å². The van der Waals surface area contributed by atoms with Gasteiger partial charge in [-0.25, -0.2) is 4.98 Å². The zero-order chi connectivity index (χ0) is 17.0. The summed E-state index contributed by atoms with van der Waals surface area (Å²) < 4.78 is 10.7. The summed E-state index contributed by atoms with van der Waals surface area (Å²) in [6.07, 6.45) is 0.847. The van der Waals surface area contributed by atoms with E-state index in [1.165, 1.54) is 11.3 Å². The summed E-state index contributed by atoms with van der Waals surface area (Å²) >= 11 is 1.41. The number of benzene rings is 1. The first kappa shape index (κ1) is 17.3. The van der Waals surface area contributed by atoms with Crippen LogP contribution in [0.25, 0.3) is 10.6 Å². The molecule has 1 aromatic heterocycles. The third-order valence-corrected chi connectivity index (χ3v) is 4.58. The van der Waals surface area contributed by atoms with Crippen molar-refractivity contribution in [3.63, 3.8) is 0 Å². The van der Waals surface area contributed by atoms with Gasteiger partial charge in [0.1, 0.15) is 10.7 Å². The molecule has 0 fully saturated rings. The Kier molecular flexibility index (Phi) is 5.26. The van der Waals surface area contributed by atoms with Crippen LogP contribution in [0.15, 0.2) is 23.6 Å². The van der Waals surface area contributed by atoms with Crippen LogP contribution in [-0.4, -0.2) is 30.6 Å². The number of methoxy groups -OCH3 is 2. The quantitative estimate of drug-likeness (QED) is 0.874. The van der Waals surface area contributed by atoms with E-state index in [-0.39, 0.29) is 11.4 Å². The van der Waals surface area contributed by atoms with Gasteiger partial charge in [0, 0.05) is 10.9 Å². The fourth-order valence-corrected chi connectivity index (χ4v) is 2.84. The van der Waals surface area contributed by atoms with E-state index < -0.39 is 0 Å². The number of nitrogens with zero attached hydrogens (tertiary/aromatic N) is 1. The third-order valence-electron chi connectivity index (χ3n) is 3.71. The molecule has 0 saturated carbocycles. The maximum Gasteiger partial charge on any atom is 0.271 e. The van der Waals surface area contributed by atoms with Gasteiger partial charge >= 0.3 is 0 Å². The van der Waals surface area contributed by atoms with Crippen molar-refractivity contribution in [2.24, 2.45) is 0 Å². The highest BCUT2D eigenvalue weighted by molar-refractivity contribution is 7.13. The van der Waals surface area contributed by atoms with Gasteiger partial charge in [-0.05, 0) is 32.4 Å². The van der Waals surface area contributed by atoms with Crippen LogP contribution in [0.2, 0.25) is 0 Å². The maximum absolute atomic E-state index is 12.3. The summed E-state index contributed by atoms with van der Waals surface area (Å²) in [5.41, 5.74) is 0.969. The van der Waals surface area contributed by atoms with Crippen LogP contribution in [0, 0.1) is 0 Å². The molecule has 23 heavy (non-hydrogen) atoms. The lowest BCUT2D eigenvalue weighted by atomic mass is 10.0. The number of hydrogen-bond donors (Lipinski definition) is 1. The molecule has 0 radical (unpaired) electrons. The topological polar surface area (TPSA) is 60.5 Å². The standard InChI is InChI=1S/C17H22N2O3S/c1-6-17(2,3)19-15(20)12-10-23-16(18-12)11-8-7-9-13(21-4)14(11)22-5/h7-10H,6H2,1-5H3,(H,19,20). The van der Waals surface area contributed by atoms with E-state index in [0.717, 1.165) is 17.0 Å². The summed E-state index contributed by atoms with van der Waals surface area (Å²) in [5.74, 6) is 1.09. The van der Waals surface area contributed by atoms with Crippen molar-refractivity contribution in [1.29, 1.82) is 0 Å². The number of nitrogens with one attached hydrogen (secondary N) is 1. The molecule has 0 aliphatic carbocycles. The monoisotopic (exact) mass is 334 g/mol. The molecule has 1 heterocycles. The van der Waals surface area contributed by atoms with Crippen LogP contribution in [0.4, 0.5) is 0 Å². The number of amides is 1. The highest BCUT2D eigenvalue weighted by Gasteiger charge is 2.22. The Bertz CT molecular complexity index is 695.